The van der Waals surface area contributed by atoms with E-state index in [1.807, 2.05) is 24.3 Å². The van der Waals surface area contributed by atoms with Crippen LogP contribution in [0.2, 0.25) is 0 Å². The van der Waals surface area contributed by atoms with Crippen molar-refractivity contribution >= 4 is 5.91 Å². The SMILES string of the molecule is Cn1cc(C2CN(CCC(=O)N3CCNCC3)CCO2)cn1. The van der Waals surface area contributed by atoms with Crippen LogP contribution >= 0.6 is 0 Å². The van der Waals surface area contributed by atoms with Crippen molar-refractivity contribution in [3.63, 3.8) is 0 Å². The molecule has 2 fully saturated rings. The summed E-state index contributed by atoms with van der Waals surface area (Å²) in [5, 5.41) is 7.48. The lowest BCUT2D eigenvalue weighted by atomic mass is 10.1. The van der Waals surface area contributed by atoms with Gasteiger partial charge in [-0.2, -0.15) is 5.10 Å². The van der Waals surface area contributed by atoms with Crippen LogP contribution in [-0.4, -0.2) is 77.9 Å². The van der Waals surface area contributed by atoms with Gasteiger partial charge in [0.25, 0.3) is 0 Å². The predicted molar refractivity (Wildman–Crippen MR) is 82.4 cm³/mol. The van der Waals surface area contributed by atoms with Gasteiger partial charge in [0.1, 0.15) is 0 Å². The third-order valence-corrected chi connectivity index (χ3v) is 4.36. The van der Waals surface area contributed by atoms with Gasteiger partial charge in [-0.15, -0.1) is 0 Å². The van der Waals surface area contributed by atoms with Crippen LogP contribution in [0, 0.1) is 0 Å². The van der Waals surface area contributed by atoms with Crippen molar-refractivity contribution in [1.82, 2.24) is 24.9 Å². The van der Waals surface area contributed by atoms with E-state index in [1.54, 1.807) is 4.68 Å². The van der Waals surface area contributed by atoms with Crippen LogP contribution in [0.3, 0.4) is 0 Å². The van der Waals surface area contributed by atoms with Gasteiger partial charge in [-0.3, -0.25) is 14.4 Å². The highest BCUT2D eigenvalue weighted by molar-refractivity contribution is 5.76. The summed E-state index contributed by atoms with van der Waals surface area (Å²) in [6, 6.07) is 0. The molecule has 122 valence electrons. The Morgan fingerprint density at radius 2 is 2.23 bits per heavy atom. The molecule has 1 aromatic rings. The molecule has 1 atom stereocenters. The third kappa shape index (κ3) is 3.85. The molecule has 0 aromatic carbocycles. The monoisotopic (exact) mass is 307 g/mol. The quantitative estimate of drug-likeness (QED) is 0.821. The second-order valence-electron chi connectivity index (χ2n) is 5.99. The number of amides is 1. The van der Waals surface area contributed by atoms with E-state index in [4.69, 9.17) is 4.74 Å². The van der Waals surface area contributed by atoms with Crippen LogP contribution in [0.5, 0.6) is 0 Å². The molecule has 3 rings (SSSR count). The Morgan fingerprint density at radius 1 is 1.41 bits per heavy atom. The van der Waals surface area contributed by atoms with E-state index < -0.39 is 0 Å². The van der Waals surface area contributed by atoms with E-state index in [-0.39, 0.29) is 12.0 Å². The molecule has 0 spiro atoms. The highest BCUT2D eigenvalue weighted by atomic mass is 16.5. The van der Waals surface area contributed by atoms with Gasteiger partial charge in [0, 0.05) is 71.0 Å². The third-order valence-electron chi connectivity index (χ3n) is 4.36. The molecule has 2 saturated heterocycles. The molecule has 7 heteroatoms. The maximum Gasteiger partial charge on any atom is 0.223 e. The number of carbonyl (C=O) groups is 1. The van der Waals surface area contributed by atoms with Crippen LogP contribution in [-0.2, 0) is 16.6 Å². The van der Waals surface area contributed by atoms with E-state index in [0.29, 0.717) is 13.0 Å². The van der Waals surface area contributed by atoms with Crippen LogP contribution in [0.25, 0.3) is 0 Å². The minimum atomic E-state index is 0.0664. The molecular formula is C15H25N5O2. The largest absolute Gasteiger partial charge is 0.371 e. The molecular weight excluding hydrogens is 282 g/mol. The Hall–Kier alpha value is -1.44. The number of carbonyl (C=O) groups excluding carboxylic acids is 1. The lowest BCUT2D eigenvalue weighted by Crippen LogP contribution is -2.47. The number of aryl methyl sites for hydroxylation is 1. The van der Waals surface area contributed by atoms with Crippen molar-refractivity contribution in [3.8, 4) is 0 Å². The molecule has 2 aliphatic heterocycles. The van der Waals surface area contributed by atoms with E-state index >= 15 is 0 Å². The minimum absolute atomic E-state index is 0.0664. The molecule has 7 nitrogen and oxygen atoms in total. The first kappa shape index (κ1) is 15.5. The Morgan fingerprint density at radius 3 is 2.95 bits per heavy atom. The molecule has 1 aromatic heterocycles. The topological polar surface area (TPSA) is 62.6 Å². The Balaban J connectivity index is 1.47. The maximum atomic E-state index is 12.2. The number of rotatable bonds is 4. The molecule has 2 aliphatic rings. The molecule has 0 bridgehead atoms. The number of piperazine rings is 1. The van der Waals surface area contributed by atoms with Crippen LogP contribution in [0.15, 0.2) is 12.4 Å². The molecule has 0 aliphatic carbocycles. The normalized spacial score (nSPS) is 23.7. The number of morpholine rings is 1. The fraction of sp³-hybridized carbons (Fsp3) is 0.733. The lowest BCUT2D eigenvalue weighted by Gasteiger charge is -2.33. The second-order valence-corrected chi connectivity index (χ2v) is 5.99. The predicted octanol–water partition coefficient (Wildman–Crippen LogP) is -0.385. The van der Waals surface area contributed by atoms with Crippen LogP contribution < -0.4 is 5.32 Å². The van der Waals surface area contributed by atoms with Gasteiger partial charge >= 0.3 is 0 Å². The van der Waals surface area contributed by atoms with Crippen LogP contribution in [0.1, 0.15) is 18.1 Å². The first-order chi connectivity index (χ1) is 10.7. The zero-order valence-electron chi connectivity index (χ0n) is 13.2. The van der Waals surface area contributed by atoms with Crippen molar-refractivity contribution < 1.29 is 9.53 Å². The summed E-state index contributed by atoms with van der Waals surface area (Å²) in [5.41, 5.74) is 1.11. The van der Waals surface area contributed by atoms with Gasteiger partial charge in [-0.1, -0.05) is 0 Å². The fourth-order valence-corrected chi connectivity index (χ4v) is 3.04. The maximum absolute atomic E-state index is 12.2. The summed E-state index contributed by atoms with van der Waals surface area (Å²) in [6.45, 7) is 6.73. The number of ether oxygens (including phenoxy) is 1. The number of nitrogens with one attached hydrogen (secondary N) is 1. The van der Waals surface area contributed by atoms with Gasteiger partial charge in [0.2, 0.25) is 5.91 Å². The van der Waals surface area contributed by atoms with Crippen molar-refractivity contribution in [1.29, 1.82) is 0 Å². The standard InChI is InChI=1S/C15H25N5O2/c1-18-11-13(10-17-18)14-12-19(8-9-22-14)5-2-15(21)20-6-3-16-4-7-20/h10-11,14,16H,2-9,12H2,1H3. The smallest absolute Gasteiger partial charge is 0.223 e. The zero-order chi connectivity index (χ0) is 15.4. The van der Waals surface area contributed by atoms with Crippen LogP contribution in [0.4, 0.5) is 0 Å². The number of hydrogen-bond donors (Lipinski definition) is 1. The van der Waals surface area contributed by atoms with Gasteiger partial charge in [0.05, 0.1) is 18.9 Å². The highest BCUT2D eigenvalue weighted by Gasteiger charge is 2.24. The van der Waals surface area contributed by atoms with Crippen molar-refractivity contribution in [2.24, 2.45) is 7.05 Å². The number of aromatic nitrogens is 2. The van der Waals surface area contributed by atoms with Crippen molar-refractivity contribution in [3.05, 3.63) is 18.0 Å². The van der Waals surface area contributed by atoms with Crippen molar-refractivity contribution in [2.75, 3.05) is 52.4 Å². The van der Waals surface area contributed by atoms with Gasteiger partial charge in [0.15, 0.2) is 0 Å². The molecule has 0 radical (unpaired) electrons. The lowest BCUT2D eigenvalue weighted by molar-refractivity contribution is -0.132. The van der Waals surface area contributed by atoms with E-state index in [2.05, 4.69) is 15.3 Å². The van der Waals surface area contributed by atoms with E-state index in [1.165, 1.54) is 0 Å². The molecule has 22 heavy (non-hydrogen) atoms. The summed E-state index contributed by atoms with van der Waals surface area (Å²) in [6.07, 6.45) is 4.52. The first-order valence-electron chi connectivity index (χ1n) is 8.03. The fourth-order valence-electron chi connectivity index (χ4n) is 3.04. The summed E-state index contributed by atoms with van der Waals surface area (Å²) in [5.74, 6) is 0.269. The van der Waals surface area contributed by atoms with Gasteiger partial charge in [-0.05, 0) is 0 Å². The summed E-state index contributed by atoms with van der Waals surface area (Å²) in [4.78, 5) is 16.5. The highest BCUT2D eigenvalue weighted by Crippen LogP contribution is 2.21. The second kappa shape index (κ2) is 7.21. The minimum Gasteiger partial charge on any atom is -0.371 e. The molecule has 3 heterocycles. The Bertz CT molecular complexity index is 498. The molecule has 0 saturated carbocycles. The number of nitrogens with zero attached hydrogens (tertiary/aromatic N) is 4. The molecule has 1 amide bonds. The van der Waals surface area contributed by atoms with E-state index in [9.17, 15) is 4.79 Å². The summed E-state index contributed by atoms with van der Waals surface area (Å²) in [7, 11) is 1.91. The summed E-state index contributed by atoms with van der Waals surface area (Å²) < 4.78 is 7.63. The van der Waals surface area contributed by atoms with Gasteiger partial charge in [-0.25, -0.2) is 0 Å². The van der Waals surface area contributed by atoms with E-state index in [0.717, 1.165) is 51.4 Å². The van der Waals surface area contributed by atoms with Crippen molar-refractivity contribution in [2.45, 2.75) is 12.5 Å². The first-order valence-corrected chi connectivity index (χ1v) is 8.03. The number of hydrogen-bond acceptors (Lipinski definition) is 5. The van der Waals surface area contributed by atoms with Gasteiger partial charge < -0.3 is 15.0 Å². The zero-order valence-corrected chi connectivity index (χ0v) is 13.2. The molecule has 1 unspecified atom stereocenters. The average Bonchev–Trinajstić information content (AvgIpc) is 3.00. The Labute approximate surface area is 131 Å². The summed E-state index contributed by atoms with van der Waals surface area (Å²) >= 11 is 0. The Kier molecular flexibility index (Phi) is 5.07. The average molecular weight is 307 g/mol. The molecule has 1 N–H and O–H groups in total.